The minimum Gasteiger partial charge on any atom is -0.496 e. The van der Waals surface area contributed by atoms with E-state index in [1.807, 2.05) is 37.3 Å². The summed E-state index contributed by atoms with van der Waals surface area (Å²) in [5.74, 6) is 0.707. The third-order valence-electron chi connectivity index (χ3n) is 5.70. The summed E-state index contributed by atoms with van der Waals surface area (Å²) >= 11 is 4.76. The number of hydrogen-bond acceptors (Lipinski definition) is 7. The van der Waals surface area contributed by atoms with Gasteiger partial charge in [-0.15, -0.1) is 0 Å². The Morgan fingerprint density at radius 3 is 2.46 bits per heavy atom. The number of carbonyl (C=O) groups is 1. The molecule has 0 unspecified atom stereocenters. The van der Waals surface area contributed by atoms with E-state index < -0.39 is 12.0 Å². The second kappa shape index (κ2) is 10.2. The molecule has 0 saturated heterocycles. The molecule has 0 N–H and O–H groups in total. The molecule has 1 atom stereocenters. The van der Waals surface area contributed by atoms with Gasteiger partial charge in [0, 0.05) is 11.6 Å². The Morgan fingerprint density at radius 2 is 1.83 bits per heavy atom. The Hall–Kier alpha value is -3.17. The third kappa shape index (κ3) is 4.70. The third-order valence-corrected chi connectivity index (χ3v) is 7.30. The molecule has 4 rings (SSSR count). The Bertz CT molecular complexity index is 1500. The summed E-state index contributed by atoms with van der Waals surface area (Å²) in [5.41, 5.74) is 3.24. The van der Waals surface area contributed by atoms with Crippen LogP contribution in [0.3, 0.4) is 0 Å². The lowest BCUT2D eigenvalue weighted by molar-refractivity contribution is -0.139. The zero-order valence-electron chi connectivity index (χ0n) is 20.0. The van der Waals surface area contributed by atoms with Crippen LogP contribution in [0.1, 0.15) is 36.6 Å². The monoisotopic (exact) mass is 556 g/mol. The lowest BCUT2D eigenvalue weighted by atomic mass is 9.95. The number of allylic oxidation sites excluding steroid dienone is 1. The average molecular weight is 557 g/mol. The number of halogens is 1. The number of thiazole rings is 1. The zero-order chi connectivity index (χ0) is 25.3. The predicted octanol–water partition coefficient (Wildman–Crippen LogP) is 3.89. The number of rotatable bonds is 6. The molecule has 0 amide bonds. The molecule has 1 aromatic heterocycles. The maximum absolute atomic E-state index is 13.7. The van der Waals surface area contributed by atoms with Crippen LogP contribution in [-0.2, 0) is 9.53 Å². The van der Waals surface area contributed by atoms with Crippen LogP contribution < -0.4 is 24.4 Å². The highest BCUT2D eigenvalue weighted by atomic mass is 79.9. The first-order valence-electron chi connectivity index (χ1n) is 11.0. The normalized spacial score (nSPS) is 15.5. The van der Waals surface area contributed by atoms with Gasteiger partial charge in [-0.25, -0.2) is 9.79 Å². The Balaban J connectivity index is 1.96. The average Bonchev–Trinajstić information content (AvgIpc) is 3.13. The van der Waals surface area contributed by atoms with Crippen molar-refractivity contribution < 1.29 is 19.0 Å². The standard InChI is InChI=1S/C26H25BrN2O5S/c1-6-34-25(31)22-15(3)28-26-29(23(22)16-9-7-14(2)8-10-16)24(30)21(35-26)12-17-11-18(27)20(33-5)13-19(17)32-4/h7-13,23H,6H2,1-5H3/b21-12-/t23-/m0/s1. The maximum atomic E-state index is 13.7. The summed E-state index contributed by atoms with van der Waals surface area (Å²) in [7, 11) is 3.14. The number of esters is 1. The van der Waals surface area contributed by atoms with E-state index in [-0.39, 0.29) is 12.2 Å². The van der Waals surface area contributed by atoms with Gasteiger partial charge in [-0.1, -0.05) is 41.2 Å². The minimum absolute atomic E-state index is 0.229. The lowest BCUT2D eigenvalue weighted by Crippen LogP contribution is -2.39. The van der Waals surface area contributed by atoms with Crippen LogP contribution in [0.15, 0.2) is 61.9 Å². The predicted molar refractivity (Wildman–Crippen MR) is 139 cm³/mol. The molecular weight excluding hydrogens is 532 g/mol. The van der Waals surface area contributed by atoms with Crippen molar-refractivity contribution in [2.75, 3.05) is 20.8 Å². The second-order valence-electron chi connectivity index (χ2n) is 7.94. The number of nitrogens with zero attached hydrogens (tertiary/aromatic N) is 2. The molecule has 0 radical (unpaired) electrons. The Kier molecular flexibility index (Phi) is 7.28. The fourth-order valence-corrected chi connectivity index (χ4v) is 5.55. The number of ether oxygens (including phenoxy) is 3. The Labute approximate surface area is 215 Å². The molecule has 0 spiro atoms. The second-order valence-corrected chi connectivity index (χ2v) is 9.81. The van der Waals surface area contributed by atoms with Crippen molar-refractivity contribution in [1.82, 2.24) is 4.57 Å². The van der Waals surface area contributed by atoms with Crippen LogP contribution in [0.25, 0.3) is 6.08 Å². The number of carbonyl (C=O) groups excluding carboxylic acids is 1. The van der Waals surface area contributed by atoms with Crippen molar-refractivity contribution in [2.45, 2.75) is 26.8 Å². The fraction of sp³-hybridized carbons (Fsp3) is 0.269. The molecule has 3 aromatic rings. The molecule has 1 aliphatic heterocycles. The molecule has 0 saturated carbocycles. The number of aryl methyl sites for hydroxylation is 1. The minimum atomic E-state index is -0.641. The first-order chi connectivity index (χ1) is 16.8. The van der Waals surface area contributed by atoms with E-state index in [9.17, 15) is 9.59 Å². The molecule has 0 fully saturated rings. The van der Waals surface area contributed by atoms with Crippen LogP contribution in [0.5, 0.6) is 11.5 Å². The lowest BCUT2D eigenvalue weighted by Gasteiger charge is -2.24. The van der Waals surface area contributed by atoms with Gasteiger partial charge in [0.1, 0.15) is 11.5 Å². The van der Waals surface area contributed by atoms with Crippen molar-refractivity contribution in [3.8, 4) is 11.5 Å². The van der Waals surface area contributed by atoms with Crippen molar-refractivity contribution in [3.05, 3.63) is 88.5 Å². The summed E-state index contributed by atoms with van der Waals surface area (Å²) < 4.78 is 19.0. The summed E-state index contributed by atoms with van der Waals surface area (Å²) in [5, 5.41) is 0. The van der Waals surface area contributed by atoms with E-state index in [1.54, 1.807) is 44.8 Å². The van der Waals surface area contributed by atoms with Crippen molar-refractivity contribution in [2.24, 2.45) is 4.99 Å². The SMILES string of the molecule is CCOC(=O)C1=C(C)N=c2s/c(=C\c3cc(Br)c(OC)cc3OC)c(=O)n2[C@H]1c1ccc(C)cc1. The summed E-state index contributed by atoms with van der Waals surface area (Å²) in [6.07, 6.45) is 1.77. The van der Waals surface area contributed by atoms with Gasteiger partial charge in [-0.2, -0.15) is 0 Å². The first kappa shape index (κ1) is 24.9. The zero-order valence-corrected chi connectivity index (χ0v) is 22.5. The molecule has 35 heavy (non-hydrogen) atoms. The van der Waals surface area contributed by atoms with Crippen molar-refractivity contribution in [3.63, 3.8) is 0 Å². The summed E-state index contributed by atoms with van der Waals surface area (Å²) in [6.45, 7) is 5.74. The highest BCUT2D eigenvalue weighted by Crippen LogP contribution is 2.34. The molecule has 0 bridgehead atoms. The van der Waals surface area contributed by atoms with Gasteiger partial charge in [-0.05, 0) is 54.4 Å². The molecule has 1 aliphatic rings. The van der Waals surface area contributed by atoms with Crippen LogP contribution in [0, 0.1) is 6.92 Å². The summed E-state index contributed by atoms with van der Waals surface area (Å²) in [4.78, 5) is 31.8. The largest absolute Gasteiger partial charge is 0.496 e. The molecule has 7 nitrogen and oxygen atoms in total. The van der Waals surface area contributed by atoms with Gasteiger partial charge in [0.2, 0.25) is 0 Å². The molecular formula is C26H25BrN2O5S. The topological polar surface area (TPSA) is 79.1 Å². The summed E-state index contributed by atoms with van der Waals surface area (Å²) in [6, 6.07) is 10.7. The van der Waals surface area contributed by atoms with Crippen LogP contribution in [-0.4, -0.2) is 31.4 Å². The smallest absolute Gasteiger partial charge is 0.338 e. The molecule has 0 aliphatic carbocycles. The van der Waals surface area contributed by atoms with Gasteiger partial charge in [0.25, 0.3) is 5.56 Å². The fourth-order valence-electron chi connectivity index (χ4n) is 3.99. The molecule has 2 heterocycles. The number of benzene rings is 2. The quantitative estimate of drug-likeness (QED) is 0.430. The van der Waals surface area contributed by atoms with Gasteiger partial charge in [0.15, 0.2) is 4.80 Å². The van der Waals surface area contributed by atoms with Crippen LogP contribution in [0.2, 0.25) is 0 Å². The van der Waals surface area contributed by atoms with Gasteiger partial charge >= 0.3 is 5.97 Å². The highest BCUT2D eigenvalue weighted by molar-refractivity contribution is 9.10. The number of aromatic nitrogens is 1. The number of hydrogen-bond donors (Lipinski definition) is 0. The number of fused-ring (bicyclic) bond motifs is 1. The Morgan fingerprint density at radius 1 is 1.14 bits per heavy atom. The van der Waals surface area contributed by atoms with Gasteiger partial charge in [0.05, 0.1) is 47.1 Å². The molecule has 2 aromatic carbocycles. The van der Waals surface area contributed by atoms with Gasteiger partial charge < -0.3 is 14.2 Å². The van der Waals surface area contributed by atoms with E-state index >= 15 is 0 Å². The molecule has 9 heteroatoms. The highest BCUT2D eigenvalue weighted by Gasteiger charge is 2.33. The van der Waals surface area contributed by atoms with Gasteiger partial charge in [-0.3, -0.25) is 9.36 Å². The van der Waals surface area contributed by atoms with E-state index in [4.69, 9.17) is 14.2 Å². The van der Waals surface area contributed by atoms with Crippen LogP contribution in [0.4, 0.5) is 0 Å². The maximum Gasteiger partial charge on any atom is 0.338 e. The van der Waals surface area contributed by atoms with Crippen molar-refractivity contribution >= 4 is 39.3 Å². The van der Waals surface area contributed by atoms with E-state index in [1.165, 1.54) is 11.3 Å². The van der Waals surface area contributed by atoms with E-state index in [0.29, 0.717) is 37.7 Å². The van der Waals surface area contributed by atoms with Crippen LogP contribution >= 0.6 is 27.3 Å². The molecule has 182 valence electrons. The van der Waals surface area contributed by atoms with E-state index in [0.717, 1.165) is 15.6 Å². The van der Waals surface area contributed by atoms with Crippen molar-refractivity contribution in [1.29, 1.82) is 0 Å². The number of methoxy groups -OCH3 is 2. The first-order valence-corrected chi connectivity index (χ1v) is 12.6. The van der Waals surface area contributed by atoms with E-state index in [2.05, 4.69) is 20.9 Å².